The number of para-hydroxylation sites is 1. The Morgan fingerprint density at radius 2 is 1.73 bits per heavy atom. The lowest BCUT2D eigenvalue weighted by Gasteiger charge is -2.11. The molecule has 4 N–H and O–H groups in total. The van der Waals surface area contributed by atoms with Crippen molar-refractivity contribution in [3.8, 4) is 11.5 Å². The second kappa shape index (κ2) is 7.93. The summed E-state index contributed by atoms with van der Waals surface area (Å²) in [5.41, 5.74) is 12.6. The summed E-state index contributed by atoms with van der Waals surface area (Å²) in [6.45, 7) is 0.840. The van der Waals surface area contributed by atoms with Crippen LogP contribution in [0, 0.1) is 0 Å². The fourth-order valence-corrected chi connectivity index (χ4v) is 1.98. The smallest absolute Gasteiger partial charge is 0.217 e. The topological polar surface area (TPSA) is 87.6 Å². The van der Waals surface area contributed by atoms with Gasteiger partial charge < -0.3 is 20.9 Å². The Morgan fingerprint density at radius 1 is 1.00 bits per heavy atom. The van der Waals surface area contributed by atoms with Crippen LogP contribution < -0.4 is 20.9 Å². The molecular formula is C17H20N2O3. The molecule has 0 atom stereocenters. The fourth-order valence-electron chi connectivity index (χ4n) is 1.98. The average molecular weight is 300 g/mol. The van der Waals surface area contributed by atoms with Crippen molar-refractivity contribution < 1.29 is 14.3 Å². The minimum atomic E-state index is -0.322. The van der Waals surface area contributed by atoms with Crippen LogP contribution in [0.1, 0.15) is 12.0 Å². The highest BCUT2D eigenvalue weighted by molar-refractivity contribution is 5.74. The van der Waals surface area contributed by atoms with Gasteiger partial charge in [-0.05, 0) is 36.2 Å². The highest BCUT2D eigenvalue weighted by Gasteiger charge is 2.04. The predicted molar refractivity (Wildman–Crippen MR) is 85.8 cm³/mol. The number of nitrogens with two attached hydrogens (primary N) is 2. The van der Waals surface area contributed by atoms with Crippen molar-refractivity contribution >= 4 is 11.6 Å². The Hall–Kier alpha value is -2.69. The van der Waals surface area contributed by atoms with E-state index in [9.17, 15) is 4.79 Å². The van der Waals surface area contributed by atoms with Crippen LogP contribution in [-0.2, 0) is 11.2 Å². The molecule has 0 aliphatic carbocycles. The molecule has 22 heavy (non-hydrogen) atoms. The molecule has 1 amide bonds. The van der Waals surface area contributed by atoms with Crippen molar-refractivity contribution in [3.05, 3.63) is 54.1 Å². The zero-order valence-electron chi connectivity index (χ0n) is 12.3. The minimum absolute atomic E-state index is 0.310. The number of rotatable bonds is 8. The first kappa shape index (κ1) is 15.7. The van der Waals surface area contributed by atoms with E-state index >= 15 is 0 Å². The number of hydrogen-bond donors (Lipinski definition) is 2. The largest absolute Gasteiger partial charge is 0.490 e. The first-order valence-corrected chi connectivity index (χ1v) is 7.12. The van der Waals surface area contributed by atoms with Gasteiger partial charge in [0, 0.05) is 6.42 Å². The second-order valence-electron chi connectivity index (χ2n) is 4.85. The van der Waals surface area contributed by atoms with Gasteiger partial charge >= 0.3 is 0 Å². The number of amides is 1. The Bertz CT molecular complexity index is 615. The highest BCUT2D eigenvalue weighted by Crippen LogP contribution is 2.23. The van der Waals surface area contributed by atoms with E-state index in [0.29, 0.717) is 37.5 Å². The van der Waals surface area contributed by atoms with E-state index < -0.39 is 0 Å². The van der Waals surface area contributed by atoms with Gasteiger partial charge in [0.2, 0.25) is 5.91 Å². The van der Waals surface area contributed by atoms with Gasteiger partial charge in [0.15, 0.2) is 0 Å². The number of benzene rings is 2. The lowest BCUT2D eigenvalue weighted by molar-refractivity contribution is -0.117. The van der Waals surface area contributed by atoms with E-state index in [0.717, 1.165) is 11.3 Å². The average Bonchev–Trinajstić information content (AvgIpc) is 2.52. The number of nitrogen functional groups attached to an aromatic ring is 1. The Labute approximate surface area is 129 Å². The summed E-state index contributed by atoms with van der Waals surface area (Å²) in [6.07, 6.45) is 0.890. The molecule has 0 heterocycles. The normalized spacial score (nSPS) is 10.2. The summed E-state index contributed by atoms with van der Waals surface area (Å²) in [5, 5.41) is 0. The van der Waals surface area contributed by atoms with Crippen molar-refractivity contribution in [2.45, 2.75) is 12.8 Å². The van der Waals surface area contributed by atoms with Crippen molar-refractivity contribution in [2.24, 2.45) is 5.73 Å². The molecule has 5 heteroatoms. The molecule has 5 nitrogen and oxygen atoms in total. The summed E-state index contributed by atoms with van der Waals surface area (Å²) in [4.78, 5) is 10.8. The first-order valence-electron chi connectivity index (χ1n) is 7.12. The maximum absolute atomic E-state index is 10.8. The van der Waals surface area contributed by atoms with Crippen molar-refractivity contribution in [2.75, 3.05) is 18.9 Å². The zero-order chi connectivity index (χ0) is 15.8. The summed E-state index contributed by atoms with van der Waals surface area (Å²) >= 11 is 0. The Morgan fingerprint density at radius 3 is 2.41 bits per heavy atom. The molecule has 0 saturated carbocycles. The van der Waals surface area contributed by atoms with Crippen LogP contribution in [-0.4, -0.2) is 19.1 Å². The van der Waals surface area contributed by atoms with Gasteiger partial charge in [0.25, 0.3) is 0 Å². The van der Waals surface area contributed by atoms with E-state index in [1.54, 1.807) is 12.1 Å². The van der Waals surface area contributed by atoms with Crippen LogP contribution in [0.3, 0.4) is 0 Å². The number of carbonyl (C=O) groups is 1. The number of anilines is 1. The minimum Gasteiger partial charge on any atom is -0.490 e. The predicted octanol–water partition coefficient (Wildman–Crippen LogP) is 2.14. The second-order valence-corrected chi connectivity index (χ2v) is 4.85. The highest BCUT2D eigenvalue weighted by atomic mass is 16.5. The molecular weight excluding hydrogens is 280 g/mol. The standard InChI is InChI=1S/C17H20N2O3/c18-15-12-13(7-9-17(19)20)6-8-16(15)22-11-10-21-14-4-2-1-3-5-14/h1-6,8,12H,7,9-11,18H2,(H2,19,20). The summed E-state index contributed by atoms with van der Waals surface area (Å²) < 4.78 is 11.1. The van der Waals surface area contributed by atoms with Gasteiger partial charge in [-0.15, -0.1) is 0 Å². The molecule has 0 spiro atoms. The maximum atomic E-state index is 10.8. The van der Waals surface area contributed by atoms with Gasteiger partial charge in [-0.1, -0.05) is 24.3 Å². The molecule has 0 radical (unpaired) electrons. The van der Waals surface area contributed by atoms with Crippen LogP contribution in [0.4, 0.5) is 5.69 Å². The van der Waals surface area contributed by atoms with Crippen LogP contribution in [0.5, 0.6) is 11.5 Å². The van der Waals surface area contributed by atoms with Gasteiger partial charge in [-0.2, -0.15) is 0 Å². The molecule has 0 unspecified atom stereocenters. The number of primary amides is 1. The third-order valence-electron chi connectivity index (χ3n) is 3.09. The van der Waals surface area contributed by atoms with Crippen LogP contribution >= 0.6 is 0 Å². The Balaban J connectivity index is 1.79. The fraction of sp³-hybridized carbons (Fsp3) is 0.235. The molecule has 2 aromatic rings. The monoisotopic (exact) mass is 300 g/mol. The number of carbonyl (C=O) groups excluding carboxylic acids is 1. The molecule has 0 aliphatic rings. The van der Waals surface area contributed by atoms with Crippen molar-refractivity contribution in [3.63, 3.8) is 0 Å². The van der Waals surface area contributed by atoms with E-state index in [1.165, 1.54) is 0 Å². The molecule has 2 aromatic carbocycles. The Kier molecular flexibility index (Phi) is 5.65. The van der Waals surface area contributed by atoms with Crippen molar-refractivity contribution in [1.82, 2.24) is 0 Å². The molecule has 0 saturated heterocycles. The third kappa shape index (κ3) is 5.01. The molecule has 0 bridgehead atoms. The van der Waals surface area contributed by atoms with Crippen LogP contribution in [0.2, 0.25) is 0 Å². The van der Waals surface area contributed by atoms with E-state index in [-0.39, 0.29) is 5.91 Å². The maximum Gasteiger partial charge on any atom is 0.217 e. The quantitative estimate of drug-likeness (QED) is 0.577. The number of aryl methyl sites for hydroxylation is 1. The summed E-state index contributed by atoms with van der Waals surface area (Å²) in [6, 6.07) is 15.0. The zero-order valence-corrected chi connectivity index (χ0v) is 12.3. The lowest BCUT2D eigenvalue weighted by atomic mass is 10.1. The number of hydrogen-bond acceptors (Lipinski definition) is 4. The van der Waals surface area contributed by atoms with Crippen molar-refractivity contribution in [1.29, 1.82) is 0 Å². The number of ether oxygens (including phenoxy) is 2. The third-order valence-corrected chi connectivity index (χ3v) is 3.09. The van der Waals surface area contributed by atoms with Crippen LogP contribution in [0.25, 0.3) is 0 Å². The SMILES string of the molecule is NC(=O)CCc1ccc(OCCOc2ccccc2)c(N)c1. The summed E-state index contributed by atoms with van der Waals surface area (Å²) in [5.74, 6) is 1.09. The van der Waals surface area contributed by atoms with Gasteiger partial charge in [-0.25, -0.2) is 0 Å². The van der Waals surface area contributed by atoms with E-state index in [1.807, 2.05) is 36.4 Å². The van der Waals surface area contributed by atoms with E-state index in [4.69, 9.17) is 20.9 Å². The first-order chi connectivity index (χ1) is 10.6. The molecule has 0 aromatic heterocycles. The van der Waals surface area contributed by atoms with E-state index in [2.05, 4.69) is 0 Å². The molecule has 0 fully saturated rings. The van der Waals surface area contributed by atoms with Crippen LogP contribution in [0.15, 0.2) is 48.5 Å². The van der Waals surface area contributed by atoms with Gasteiger partial charge in [0.05, 0.1) is 5.69 Å². The van der Waals surface area contributed by atoms with Gasteiger partial charge in [-0.3, -0.25) is 4.79 Å². The lowest BCUT2D eigenvalue weighted by Crippen LogP contribution is -2.11. The van der Waals surface area contributed by atoms with Gasteiger partial charge in [0.1, 0.15) is 24.7 Å². The summed E-state index contributed by atoms with van der Waals surface area (Å²) in [7, 11) is 0. The molecule has 2 rings (SSSR count). The molecule has 0 aliphatic heterocycles. The molecule has 116 valence electrons.